The topological polar surface area (TPSA) is 68.5 Å². The third-order valence-corrected chi connectivity index (χ3v) is 3.79. The highest BCUT2D eigenvalue weighted by atomic mass is 19.1. The van der Waals surface area contributed by atoms with E-state index in [1.807, 2.05) is 13.8 Å². The molecule has 0 aliphatic heterocycles. The van der Waals surface area contributed by atoms with Crippen LogP contribution >= 0.6 is 0 Å². The van der Waals surface area contributed by atoms with Gasteiger partial charge in [-0.1, -0.05) is 0 Å². The summed E-state index contributed by atoms with van der Waals surface area (Å²) in [7, 11) is 1.60. The van der Waals surface area contributed by atoms with Gasteiger partial charge in [-0.15, -0.1) is 0 Å². The Morgan fingerprint density at radius 3 is 2.79 bits per heavy atom. The van der Waals surface area contributed by atoms with Crippen LogP contribution in [0.2, 0.25) is 0 Å². The number of nitrogens with one attached hydrogen (secondary N) is 1. The molecule has 2 rings (SSSR count). The molecule has 7 heteroatoms. The lowest BCUT2D eigenvalue weighted by Crippen LogP contribution is -2.09. The molecule has 2 N–H and O–H groups in total. The van der Waals surface area contributed by atoms with Gasteiger partial charge in [0.05, 0.1) is 31.1 Å². The summed E-state index contributed by atoms with van der Waals surface area (Å²) in [6.07, 6.45) is 0. The van der Waals surface area contributed by atoms with Crippen LogP contribution in [0, 0.1) is 19.7 Å². The average molecular weight is 337 g/mol. The van der Waals surface area contributed by atoms with Crippen LogP contribution in [0.5, 0.6) is 5.75 Å². The molecule has 0 spiro atoms. The number of aliphatic hydroxyl groups excluding tert-OH is 1. The Balaban J connectivity index is 2.12. The summed E-state index contributed by atoms with van der Waals surface area (Å²) in [5.41, 5.74) is 3.47. The lowest BCUT2D eigenvalue weighted by molar-refractivity contribution is 0.146. The maximum Gasteiger partial charge on any atom is 0.142 e. The number of halogens is 1. The number of nitrogens with zero attached hydrogens (tertiary/aromatic N) is 2. The SMILES string of the molecule is COCCOc1ccc(F)cc1NCc1c(C)nn(CCO)c1C. The number of ether oxygens (including phenoxy) is 2. The Morgan fingerprint density at radius 1 is 1.29 bits per heavy atom. The van der Waals surface area contributed by atoms with E-state index in [1.54, 1.807) is 17.9 Å². The third-order valence-electron chi connectivity index (χ3n) is 3.79. The summed E-state index contributed by atoms with van der Waals surface area (Å²) in [5.74, 6) is 0.243. The minimum atomic E-state index is -0.332. The van der Waals surface area contributed by atoms with Crippen molar-refractivity contribution in [3.05, 3.63) is 41.0 Å². The summed E-state index contributed by atoms with van der Waals surface area (Å²) >= 11 is 0. The zero-order chi connectivity index (χ0) is 17.5. The molecule has 0 bridgehead atoms. The van der Waals surface area contributed by atoms with E-state index in [2.05, 4.69) is 10.4 Å². The second-order valence-corrected chi connectivity index (χ2v) is 5.43. The summed E-state index contributed by atoms with van der Waals surface area (Å²) in [6, 6.07) is 4.37. The number of rotatable bonds is 9. The van der Waals surface area contributed by atoms with Crippen LogP contribution in [-0.4, -0.2) is 41.8 Å². The van der Waals surface area contributed by atoms with Crippen molar-refractivity contribution in [1.82, 2.24) is 9.78 Å². The van der Waals surface area contributed by atoms with Gasteiger partial charge < -0.3 is 19.9 Å². The van der Waals surface area contributed by atoms with E-state index >= 15 is 0 Å². The quantitative estimate of drug-likeness (QED) is 0.687. The van der Waals surface area contributed by atoms with Crippen LogP contribution in [0.4, 0.5) is 10.1 Å². The fraction of sp³-hybridized carbons (Fsp3) is 0.471. The monoisotopic (exact) mass is 337 g/mol. The number of aryl methyl sites for hydroxylation is 1. The van der Waals surface area contributed by atoms with E-state index in [4.69, 9.17) is 14.6 Å². The van der Waals surface area contributed by atoms with E-state index < -0.39 is 0 Å². The summed E-state index contributed by atoms with van der Waals surface area (Å²) in [6.45, 7) is 5.71. The molecule has 0 saturated heterocycles. The first kappa shape index (κ1) is 18.2. The van der Waals surface area contributed by atoms with Crippen molar-refractivity contribution in [1.29, 1.82) is 0 Å². The first-order valence-electron chi connectivity index (χ1n) is 7.85. The van der Waals surface area contributed by atoms with E-state index in [0.29, 0.717) is 37.7 Å². The molecular weight excluding hydrogens is 313 g/mol. The Hall–Kier alpha value is -2.12. The normalized spacial score (nSPS) is 10.9. The molecule has 0 radical (unpaired) electrons. The van der Waals surface area contributed by atoms with Crippen molar-refractivity contribution >= 4 is 5.69 Å². The first-order chi connectivity index (χ1) is 11.6. The number of aromatic nitrogens is 2. The Kier molecular flexibility index (Phi) is 6.57. The molecular formula is C17H24FN3O3. The van der Waals surface area contributed by atoms with Crippen LogP contribution in [0.15, 0.2) is 18.2 Å². The first-order valence-corrected chi connectivity index (χ1v) is 7.85. The highest BCUT2D eigenvalue weighted by Crippen LogP contribution is 2.26. The predicted molar refractivity (Wildman–Crippen MR) is 89.9 cm³/mol. The average Bonchev–Trinajstić information content (AvgIpc) is 2.82. The van der Waals surface area contributed by atoms with Crippen LogP contribution in [-0.2, 0) is 17.8 Å². The van der Waals surface area contributed by atoms with E-state index in [0.717, 1.165) is 17.0 Å². The number of methoxy groups -OCH3 is 1. The van der Waals surface area contributed by atoms with E-state index in [1.165, 1.54) is 12.1 Å². The summed E-state index contributed by atoms with van der Waals surface area (Å²) in [5, 5.41) is 16.7. The van der Waals surface area contributed by atoms with Crippen LogP contribution in [0.3, 0.4) is 0 Å². The second kappa shape index (κ2) is 8.65. The molecule has 0 aliphatic rings. The predicted octanol–water partition coefficient (Wildman–Crippen LogP) is 2.27. The van der Waals surface area contributed by atoms with Crippen molar-refractivity contribution < 1.29 is 19.0 Å². The van der Waals surface area contributed by atoms with Crippen molar-refractivity contribution in [2.75, 3.05) is 32.2 Å². The van der Waals surface area contributed by atoms with Gasteiger partial charge >= 0.3 is 0 Å². The van der Waals surface area contributed by atoms with Gasteiger partial charge in [0.1, 0.15) is 18.2 Å². The largest absolute Gasteiger partial charge is 0.489 e. The third kappa shape index (κ3) is 4.46. The van der Waals surface area contributed by atoms with Gasteiger partial charge in [-0.2, -0.15) is 5.10 Å². The fourth-order valence-corrected chi connectivity index (χ4v) is 2.49. The minimum Gasteiger partial charge on any atom is -0.489 e. The zero-order valence-electron chi connectivity index (χ0n) is 14.3. The van der Waals surface area contributed by atoms with Gasteiger partial charge in [-0.25, -0.2) is 4.39 Å². The molecule has 0 amide bonds. The molecule has 6 nitrogen and oxygen atoms in total. The highest BCUT2D eigenvalue weighted by Gasteiger charge is 2.12. The van der Waals surface area contributed by atoms with Crippen molar-refractivity contribution in [2.45, 2.75) is 26.9 Å². The molecule has 1 heterocycles. The lowest BCUT2D eigenvalue weighted by Gasteiger charge is -2.13. The van der Waals surface area contributed by atoms with Gasteiger partial charge in [-0.05, 0) is 26.0 Å². The molecule has 2 aromatic rings. The van der Waals surface area contributed by atoms with Gasteiger partial charge in [0.2, 0.25) is 0 Å². The highest BCUT2D eigenvalue weighted by molar-refractivity contribution is 5.57. The molecule has 132 valence electrons. The number of hydrogen-bond donors (Lipinski definition) is 2. The second-order valence-electron chi connectivity index (χ2n) is 5.43. The van der Waals surface area contributed by atoms with E-state index in [-0.39, 0.29) is 12.4 Å². The molecule has 0 aliphatic carbocycles. The molecule has 1 aromatic heterocycles. The Bertz CT molecular complexity index is 673. The van der Waals surface area contributed by atoms with Gasteiger partial charge in [0, 0.05) is 31.0 Å². The van der Waals surface area contributed by atoms with Crippen LogP contribution < -0.4 is 10.1 Å². The molecule has 0 unspecified atom stereocenters. The van der Waals surface area contributed by atoms with Gasteiger partial charge in [-0.3, -0.25) is 4.68 Å². The summed E-state index contributed by atoms with van der Waals surface area (Å²) in [4.78, 5) is 0. The van der Waals surface area contributed by atoms with Crippen LogP contribution in [0.1, 0.15) is 17.0 Å². The maximum atomic E-state index is 13.6. The van der Waals surface area contributed by atoms with Crippen molar-refractivity contribution in [2.24, 2.45) is 0 Å². The Labute approximate surface area is 141 Å². The van der Waals surface area contributed by atoms with Crippen LogP contribution in [0.25, 0.3) is 0 Å². The number of hydrogen-bond acceptors (Lipinski definition) is 5. The molecule has 0 saturated carbocycles. The fourth-order valence-electron chi connectivity index (χ4n) is 2.49. The lowest BCUT2D eigenvalue weighted by atomic mass is 10.2. The van der Waals surface area contributed by atoms with Crippen molar-refractivity contribution in [3.8, 4) is 5.75 Å². The molecule has 1 aromatic carbocycles. The molecule has 0 fully saturated rings. The van der Waals surface area contributed by atoms with Gasteiger partial charge in [0.15, 0.2) is 0 Å². The zero-order valence-corrected chi connectivity index (χ0v) is 14.3. The molecule has 0 atom stereocenters. The van der Waals surface area contributed by atoms with E-state index in [9.17, 15) is 4.39 Å². The minimum absolute atomic E-state index is 0.0379. The number of aliphatic hydroxyl groups is 1. The summed E-state index contributed by atoms with van der Waals surface area (Å²) < 4.78 is 25.9. The Morgan fingerprint density at radius 2 is 2.08 bits per heavy atom. The van der Waals surface area contributed by atoms with Gasteiger partial charge in [0.25, 0.3) is 0 Å². The smallest absolute Gasteiger partial charge is 0.142 e. The number of anilines is 1. The standard InChI is InChI=1S/C17H24FN3O3/c1-12-15(13(2)21(20-12)6-7-22)11-19-16-10-14(18)4-5-17(16)24-9-8-23-3/h4-5,10,19,22H,6-9,11H2,1-3H3. The maximum absolute atomic E-state index is 13.6. The molecule has 24 heavy (non-hydrogen) atoms. The number of benzene rings is 1. The van der Waals surface area contributed by atoms with Crippen molar-refractivity contribution in [3.63, 3.8) is 0 Å².